The minimum Gasteiger partial charge on any atom is -0.339 e. The second kappa shape index (κ2) is 17.1. The number of thiocarbonyl (C=S) groups is 1. The van der Waals surface area contributed by atoms with Crippen LogP contribution in [0.4, 0.5) is 11.4 Å². The molecule has 3 N–H and O–H groups in total. The lowest BCUT2D eigenvalue weighted by atomic mass is 10.1. The summed E-state index contributed by atoms with van der Waals surface area (Å²) in [5.74, 6) is -0.252. The van der Waals surface area contributed by atoms with Crippen LogP contribution in [0.1, 0.15) is 84.0 Å². The average molecular weight is 554 g/mol. The van der Waals surface area contributed by atoms with Gasteiger partial charge in [-0.2, -0.15) is 0 Å². The first-order valence-electron chi connectivity index (χ1n) is 11.8. The Bertz CT molecular complexity index is 778. The first-order chi connectivity index (χ1) is 16.1. The number of hydrogen-bond donors (Lipinski definition) is 3. The van der Waals surface area contributed by atoms with Gasteiger partial charge in [-0.1, -0.05) is 112 Å². The molecule has 1 aromatic carbocycles. The van der Waals surface area contributed by atoms with E-state index in [4.69, 9.17) is 47.0 Å². The number of benzene rings is 1. The van der Waals surface area contributed by atoms with Gasteiger partial charge in [0.25, 0.3) is 5.69 Å². The van der Waals surface area contributed by atoms with Crippen molar-refractivity contribution in [2.45, 2.75) is 93.9 Å². The lowest BCUT2D eigenvalue weighted by Crippen LogP contribution is -2.56. The van der Waals surface area contributed by atoms with Crippen LogP contribution < -0.4 is 16.0 Å². The Kier molecular flexibility index (Phi) is 15.5. The van der Waals surface area contributed by atoms with Crippen LogP contribution in [0.15, 0.2) is 24.3 Å². The molecule has 0 aromatic heterocycles. The van der Waals surface area contributed by atoms with E-state index in [2.05, 4.69) is 22.9 Å². The smallest absolute Gasteiger partial charge is 0.271 e. The molecule has 0 aliphatic rings. The molecular weight excluding hydrogens is 519 g/mol. The lowest BCUT2D eigenvalue weighted by molar-refractivity contribution is -0.384. The van der Waals surface area contributed by atoms with Gasteiger partial charge in [0.1, 0.15) is 6.17 Å². The highest BCUT2D eigenvalue weighted by Gasteiger charge is 2.34. The van der Waals surface area contributed by atoms with Crippen LogP contribution in [0.3, 0.4) is 0 Å². The lowest BCUT2D eigenvalue weighted by Gasteiger charge is -2.27. The van der Waals surface area contributed by atoms with Crippen molar-refractivity contribution in [1.29, 1.82) is 0 Å². The Morgan fingerprint density at radius 3 is 2.09 bits per heavy atom. The van der Waals surface area contributed by atoms with Gasteiger partial charge >= 0.3 is 0 Å². The number of nitro benzene ring substituents is 1. The predicted octanol–water partition coefficient (Wildman–Crippen LogP) is 7.39. The normalized spacial score (nSPS) is 12.1. The molecule has 0 aliphatic carbocycles. The molecule has 0 fully saturated rings. The number of amides is 1. The van der Waals surface area contributed by atoms with Crippen LogP contribution in [-0.2, 0) is 4.79 Å². The third-order valence-electron chi connectivity index (χ3n) is 5.23. The molecule has 0 unspecified atom stereocenters. The summed E-state index contributed by atoms with van der Waals surface area (Å²) in [6.07, 6.45) is 12.4. The number of nitro groups is 1. The summed E-state index contributed by atoms with van der Waals surface area (Å²) in [6.45, 7) is 2.23. The topological polar surface area (TPSA) is 96.3 Å². The molecule has 34 heavy (non-hydrogen) atoms. The third kappa shape index (κ3) is 14.1. The Hall–Kier alpha value is -1.35. The van der Waals surface area contributed by atoms with E-state index in [1.54, 1.807) is 6.07 Å². The fraction of sp³-hybridized carbons (Fsp3) is 0.652. The van der Waals surface area contributed by atoms with Gasteiger partial charge in [-0.25, -0.2) is 0 Å². The molecule has 0 radical (unpaired) electrons. The quantitative estimate of drug-likeness (QED) is 0.0493. The maximum atomic E-state index is 12.4. The zero-order valence-electron chi connectivity index (χ0n) is 19.6. The van der Waals surface area contributed by atoms with Gasteiger partial charge in [-0.15, -0.1) is 0 Å². The first kappa shape index (κ1) is 30.7. The Morgan fingerprint density at radius 2 is 1.56 bits per heavy atom. The summed E-state index contributed by atoms with van der Waals surface area (Å²) in [5.41, 5.74) is 0.299. The second-order valence-corrected chi connectivity index (χ2v) is 11.0. The second-order valence-electron chi connectivity index (χ2n) is 8.23. The first-order valence-corrected chi connectivity index (χ1v) is 13.4. The highest BCUT2D eigenvalue weighted by atomic mass is 35.6. The summed E-state index contributed by atoms with van der Waals surface area (Å²) in [7, 11) is 0. The van der Waals surface area contributed by atoms with Crippen LogP contribution in [0.25, 0.3) is 0 Å². The molecule has 0 heterocycles. The Labute approximate surface area is 222 Å². The fourth-order valence-electron chi connectivity index (χ4n) is 3.38. The van der Waals surface area contributed by atoms with Crippen molar-refractivity contribution < 1.29 is 9.72 Å². The number of rotatable bonds is 16. The van der Waals surface area contributed by atoms with Crippen molar-refractivity contribution >= 4 is 69.4 Å². The summed E-state index contributed by atoms with van der Waals surface area (Å²) in [6, 6.07) is 5.81. The molecule has 0 saturated heterocycles. The Balaban J connectivity index is 2.33. The maximum Gasteiger partial charge on any atom is 0.271 e. The Morgan fingerprint density at radius 1 is 1.00 bits per heavy atom. The number of carbonyl (C=O) groups excluding carboxylic acids is 1. The van der Waals surface area contributed by atoms with Gasteiger partial charge in [0, 0.05) is 24.2 Å². The van der Waals surface area contributed by atoms with Crippen LogP contribution in [0.2, 0.25) is 0 Å². The van der Waals surface area contributed by atoms with Crippen LogP contribution in [0.5, 0.6) is 0 Å². The van der Waals surface area contributed by atoms with E-state index < -0.39 is 14.9 Å². The molecule has 192 valence electrons. The summed E-state index contributed by atoms with van der Waals surface area (Å²) < 4.78 is -1.86. The summed E-state index contributed by atoms with van der Waals surface area (Å²) >= 11 is 23.2. The molecule has 0 bridgehead atoms. The van der Waals surface area contributed by atoms with Gasteiger partial charge < -0.3 is 16.0 Å². The van der Waals surface area contributed by atoms with E-state index in [1.165, 1.54) is 69.6 Å². The van der Waals surface area contributed by atoms with Crippen molar-refractivity contribution in [3.05, 3.63) is 34.4 Å². The summed E-state index contributed by atoms with van der Waals surface area (Å²) in [4.78, 5) is 22.8. The number of unbranched alkanes of at least 4 members (excludes halogenated alkanes) is 10. The van der Waals surface area contributed by atoms with E-state index in [1.807, 2.05) is 0 Å². The standard InChI is InChI=1S/C23H35Cl3N4O3S/c1-2-3-4-5-6-7-8-9-10-11-12-16-20(31)28-21(23(24,25)26)29-22(34)27-18-14-13-15-19(17-18)30(32)33/h13-15,17,21H,2-12,16H2,1H3,(H,28,31)(H2,27,29,34)/t21-/m1/s1. The van der Waals surface area contributed by atoms with Crippen LogP contribution in [0, 0.1) is 10.1 Å². The maximum absolute atomic E-state index is 12.4. The van der Waals surface area contributed by atoms with Crippen molar-refractivity contribution in [1.82, 2.24) is 10.6 Å². The number of anilines is 1. The van der Waals surface area contributed by atoms with E-state index in [0.717, 1.165) is 19.3 Å². The highest BCUT2D eigenvalue weighted by Crippen LogP contribution is 2.29. The molecule has 0 spiro atoms. The molecule has 7 nitrogen and oxygen atoms in total. The number of hydrogen-bond acceptors (Lipinski definition) is 4. The van der Waals surface area contributed by atoms with Gasteiger partial charge in [0.05, 0.1) is 4.92 Å². The molecule has 1 atom stereocenters. The van der Waals surface area contributed by atoms with Gasteiger partial charge in [-0.05, 0) is 24.7 Å². The molecule has 11 heteroatoms. The van der Waals surface area contributed by atoms with Gasteiger partial charge in [0.15, 0.2) is 5.11 Å². The number of carbonyl (C=O) groups is 1. The largest absolute Gasteiger partial charge is 0.339 e. The van der Waals surface area contributed by atoms with Crippen molar-refractivity contribution in [2.24, 2.45) is 0 Å². The minimum atomic E-state index is -1.86. The van der Waals surface area contributed by atoms with Crippen LogP contribution >= 0.6 is 47.0 Å². The third-order valence-corrected chi connectivity index (χ3v) is 6.10. The van der Waals surface area contributed by atoms with E-state index in [9.17, 15) is 14.9 Å². The van der Waals surface area contributed by atoms with Crippen LogP contribution in [-0.4, -0.2) is 25.9 Å². The minimum absolute atomic E-state index is 0.0480. The van der Waals surface area contributed by atoms with E-state index in [0.29, 0.717) is 12.1 Å². The number of nitrogens with zero attached hydrogens (tertiary/aromatic N) is 1. The molecule has 1 amide bonds. The highest BCUT2D eigenvalue weighted by molar-refractivity contribution is 7.80. The van der Waals surface area contributed by atoms with E-state index >= 15 is 0 Å². The zero-order valence-corrected chi connectivity index (χ0v) is 22.7. The number of nitrogens with one attached hydrogen (secondary N) is 3. The summed E-state index contributed by atoms with van der Waals surface area (Å²) in [5, 5.41) is 19.2. The number of non-ortho nitro benzene ring substituents is 1. The molecule has 0 aliphatic heterocycles. The van der Waals surface area contributed by atoms with Crippen molar-refractivity contribution in [3.8, 4) is 0 Å². The molecule has 0 saturated carbocycles. The molecular formula is C23H35Cl3N4O3S. The van der Waals surface area contributed by atoms with Crippen molar-refractivity contribution in [2.75, 3.05) is 5.32 Å². The SMILES string of the molecule is CCCCCCCCCCCCCC(=O)N[C@H](NC(=S)Nc1cccc([N+](=O)[O-])c1)C(Cl)(Cl)Cl. The molecule has 1 aromatic rings. The van der Waals surface area contributed by atoms with Gasteiger partial charge in [-0.3, -0.25) is 14.9 Å². The van der Waals surface area contributed by atoms with Crippen molar-refractivity contribution in [3.63, 3.8) is 0 Å². The fourth-order valence-corrected chi connectivity index (χ4v) is 3.94. The van der Waals surface area contributed by atoms with E-state index in [-0.39, 0.29) is 16.7 Å². The number of alkyl halides is 3. The monoisotopic (exact) mass is 552 g/mol. The predicted molar refractivity (Wildman–Crippen MR) is 146 cm³/mol. The average Bonchev–Trinajstić information content (AvgIpc) is 2.76. The van der Waals surface area contributed by atoms with Gasteiger partial charge in [0.2, 0.25) is 9.70 Å². The zero-order chi connectivity index (χ0) is 25.4. The number of halogens is 3. The molecule has 1 rings (SSSR count).